The number of carbonyl (C=O) groups excluding carboxylic acids is 1. The molecule has 10 heteroatoms. The highest BCUT2D eigenvalue weighted by Gasteiger charge is 2.34. The highest BCUT2D eigenvalue weighted by molar-refractivity contribution is 7.91. The number of amides is 1. The smallest absolute Gasteiger partial charge is 0.327 e. The minimum Gasteiger partial charge on any atom is -0.327 e. The average Bonchev–Trinajstić information content (AvgIpc) is 2.71. The Kier molecular flexibility index (Phi) is 3.83. The van der Waals surface area contributed by atoms with E-state index in [4.69, 9.17) is 0 Å². The van der Waals surface area contributed by atoms with Gasteiger partial charge in [-0.05, 0) is 12.5 Å². The molecule has 1 aliphatic heterocycles. The van der Waals surface area contributed by atoms with Crippen LogP contribution < -0.4 is 10.9 Å². The maximum Gasteiger partial charge on any atom is 0.417 e. The molecule has 1 atom stereocenters. The topological polar surface area (TPSA) is 96.1 Å². The maximum absolute atomic E-state index is 12.5. The lowest BCUT2D eigenvalue weighted by Gasteiger charge is -2.11. The van der Waals surface area contributed by atoms with Gasteiger partial charge in [-0.15, -0.1) is 0 Å². The predicted octanol–water partition coefficient (Wildman–Crippen LogP) is 0.767. The Labute approximate surface area is 117 Å². The monoisotopic (exact) mass is 324 g/mol. The third-order valence-electron chi connectivity index (χ3n) is 3.09. The van der Waals surface area contributed by atoms with Crippen LogP contribution >= 0.6 is 0 Å². The van der Waals surface area contributed by atoms with Gasteiger partial charge in [0, 0.05) is 6.20 Å². The summed E-state index contributed by atoms with van der Waals surface area (Å²) >= 11 is 0. The van der Waals surface area contributed by atoms with E-state index in [0.29, 0.717) is 12.3 Å². The molecule has 0 aromatic carbocycles. The SMILES string of the molecule is O=C(Nc1cc(C(F)(F)F)c[nH]c1=O)[C@H]1CCS(=O)(=O)C1. The Morgan fingerprint density at radius 3 is 2.57 bits per heavy atom. The number of anilines is 1. The normalized spacial score (nSPS) is 21.2. The first-order chi connectivity index (χ1) is 9.58. The molecule has 0 unspecified atom stereocenters. The number of hydrogen-bond acceptors (Lipinski definition) is 4. The van der Waals surface area contributed by atoms with Crippen LogP contribution in [0.15, 0.2) is 17.1 Å². The van der Waals surface area contributed by atoms with Gasteiger partial charge in [-0.1, -0.05) is 0 Å². The minimum absolute atomic E-state index is 0.0883. The fraction of sp³-hybridized carbons (Fsp3) is 0.455. The van der Waals surface area contributed by atoms with Gasteiger partial charge >= 0.3 is 6.18 Å². The zero-order valence-corrected chi connectivity index (χ0v) is 11.3. The number of alkyl halides is 3. The lowest BCUT2D eigenvalue weighted by Crippen LogP contribution is -2.27. The van der Waals surface area contributed by atoms with Gasteiger partial charge in [-0.3, -0.25) is 9.59 Å². The van der Waals surface area contributed by atoms with Crippen LogP contribution in [0.1, 0.15) is 12.0 Å². The van der Waals surface area contributed by atoms with E-state index in [1.54, 1.807) is 0 Å². The number of aromatic nitrogens is 1. The molecule has 1 amide bonds. The highest BCUT2D eigenvalue weighted by Crippen LogP contribution is 2.29. The van der Waals surface area contributed by atoms with Crippen LogP contribution in [0.2, 0.25) is 0 Å². The van der Waals surface area contributed by atoms with Crippen molar-refractivity contribution >= 4 is 21.4 Å². The quantitative estimate of drug-likeness (QED) is 0.840. The molecule has 1 saturated heterocycles. The molecule has 2 N–H and O–H groups in total. The average molecular weight is 324 g/mol. The van der Waals surface area contributed by atoms with Gasteiger partial charge in [0.25, 0.3) is 5.56 Å². The van der Waals surface area contributed by atoms with E-state index in [9.17, 15) is 31.2 Å². The number of H-pyrrole nitrogens is 1. The molecule has 1 aromatic heterocycles. The molecule has 6 nitrogen and oxygen atoms in total. The maximum atomic E-state index is 12.5. The molecule has 0 spiro atoms. The summed E-state index contributed by atoms with van der Waals surface area (Å²) in [6.07, 6.45) is -4.08. The van der Waals surface area contributed by atoms with E-state index in [1.807, 2.05) is 4.98 Å². The molecule has 116 valence electrons. The van der Waals surface area contributed by atoms with Crippen LogP contribution in [0.3, 0.4) is 0 Å². The summed E-state index contributed by atoms with van der Waals surface area (Å²) < 4.78 is 60.1. The standard InChI is InChI=1S/C11H11F3N2O4S/c12-11(13,14)7-3-8(10(18)15-4-7)16-9(17)6-1-2-21(19,20)5-6/h3-4,6H,1-2,5H2,(H,15,18)(H,16,17)/t6-/m0/s1. The Morgan fingerprint density at radius 1 is 1.38 bits per heavy atom. The lowest BCUT2D eigenvalue weighted by atomic mass is 10.1. The second-order valence-corrected chi connectivity index (χ2v) is 6.95. The van der Waals surface area contributed by atoms with Crippen molar-refractivity contribution in [2.75, 3.05) is 16.8 Å². The third kappa shape index (κ3) is 3.63. The summed E-state index contributed by atoms with van der Waals surface area (Å²) in [5.41, 5.74) is -2.56. The third-order valence-corrected chi connectivity index (χ3v) is 4.86. The largest absolute Gasteiger partial charge is 0.417 e. The van der Waals surface area contributed by atoms with E-state index in [2.05, 4.69) is 5.32 Å². The van der Waals surface area contributed by atoms with E-state index >= 15 is 0 Å². The highest BCUT2D eigenvalue weighted by atomic mass is 32.2. The van der Waals surface area contributed by atoms with Crippen LogP contribution in [0.5, 0.6) is 0 Å². The van der Waals surface area contributed by atoms with Gasteiger partial charge in [-0.2, -0.15) is 13.2 Å². The van der Waals surface area contributed by atoms with E-state index in [-0.39, 0.29) is 17.9 Å². The zero-order valence-electron chi connectivity index (χ0n) is 10.5. The molecule has 0 saturated carbocycles. The number of nitrogens with one attached hydrogen (secondary N) is 2. The fourth-order valence-corrected chi connectivity index (χ4v) is 3.72. The van der Waals surface area contributed by atoms with Crippen molar-refractivity contribution in [1.29, 1.82) is 0 Å². The Morgan fingerprint density at radius 2 is 2.05 bits per heavy atom. The van der Waals surface area contributed by atoms with Gasteiger partial charge in [0.05, 0.1) is 23.0 Å². The number of halogens is 3. The molecule has 0 radical (unpaired) electrons. The van der Waals surface area contributed by atoms with Crippen LogP contribution in [0.4, 0.5) is 18.9 Å². The summed E-state index contributed by atoms with van der Waals surface area (Å²) in [7, 11) is -3.30. The minimum atomic E-state index is -4.67. The summed E-state index contributed by atoms with van der Waals surface area (Å²) in [4.78, 5) is 25.1. The van der Waals surface area contributed by atoms with Crippen LogP contribution in [0, 0.1) is 5.92 Å². The number of rotatable bonds is 2. The molecular formula is C11H11F3N2O4S. The van der Waals surface area contributed by atoms with Crippen LogP contribution in [-0.4, -0.2) is 30.8 Å². The molecule has 0 aliphatic carbocycles. The Balaban J connectivity index is 2.20. The second-order valence-electron chi connectivity index (χ2n) is 4.72. The summed E-state index contributed by atoms with van der Waals surface area (Å²) in [6, 6.07) is 0.514. The van der Waals surface area contributed by atoms with E-state index in [1.165, 1.54) is 0 Å². The summed E-state index contributed by atoms with van der Waals surface area (Å²) in [5.74, 6) is -2.15. The number of pyridine rings is 1. The number of hydrogen-bond donors (Lipinski definition) is 2. The molecule has 2 rings (SSSR count). The second kappa shape index (κ2) is 5.17. The van der Waals surface area contributed by atoms with E-state index in [0.717, 1.165) is 0 Å². The van der Waals surface area contributed by atoms with Crippen LogP contribution in [0.25, 0.3) is 0 Å². The number of sulfone groups is 1. The molecule has 1 aromatic rings. The Hall–Kier alpha value is -1.84. The fourth-order valence-electron chi connectivity index (χ4n) is 1.98. The van der Waals surface area contributed by atoms with Crippen molar-refractivity contribution in [3.8, 4) is 0 Å². The molecule has 1 fully saturated rings. The van der Waals surface area contributed by atoms with Gasteiger partial charge in [0.2, 0.25) is 5.91 Å². The summed E-state index contributed by atoms with van der Waals surface area (Å²) in [6.45, 7) is 0. The van der Waals surface area contributed by atoms with Crippen LogP contribution in [-0.2, 0) is 20.8 Å². The molecule has 0 bridgehead atoms. The predicted molar refractivity (Wildman–Crippen MR) is 67.5 cm³/mol. The molecule has 1 aliphatic rings. The van der Waals surface area contributed by atoms with Crippen molar-refractivity contribution in [2.24, 2.45) is 5.92 Å². The summed E-state index contributed by atoms with van der Waals surface area (Å²) in [5, 5.41) is 2.06. The van der Waals surface area contributed by atoms with E-state index < -0.39 is 44.6 Å². The van der Waals surface area contributed by atoms with Gasteiger partial charge < -0.3 is 10.3 Å². The van der Waals surface area contributed by atoms with Gasteiger partial charge in [0.15, 0.2) is 9.84 Å². The Bertz CT molecular complexity index is 724. The molecule has 21 heavy (non-hydrogen) atoms. The molecule has 2 heterocycles. The lowest BCUT2D eigenvalue weighted by molar-refractivity contribution is -0.137. The van der Waals surface area contributed by atoms with Crippen molar-refractivity contribution in [1.82, 2.24) is 4.98 Å². The first kappa shape index (κ1) is 15.5. The first-order valence-electron chi connectivity index (χ1n) is 5.90. The van der Waals surface area contributed by atoms with Crippen molar-refractivity contribution in [3.63, 3.8) is 0 Å². The van der Waals surface area contributed by atoms with Crippen molar-refractivity contribution < 1.29 is 26.4 Å². The van der Waals surface area contributed by atoms with Crippen molar-refractivity contribution in [2.45, 2.75) is 12.6 Å². The number of aromatic amines is 1. The first-order valence-corrected chi connectivity index (χ1v) is 7.72. The zero-order chi connectivity index (χ0) is 15.8. The van der Waals surface area contributed by atoms with Gasteiger partial charge in [-0.25, -0.2) is 8.42 Å². The van der Waals surface area contributed by atoms with Gasteiger partial charge in [0.1, 0.15) is 5.69 Å². The molecular weight excluding hydrogens is 313 g/mol. The number of carbonyl (C=O) groups is 1. The van der Waals surface area contributed by atoms with Crippen molar-refractivity contribution in [3.05, 3.63) is 28.2 Å².